The van der Waals surface area contributed by atoms with E-state index in [4.69, 9.17) is 94.7 Å². The highest BCUT2D eigenvalue weighted by Crippen LogP contribution is 2.42. The van der Waals surface area contributed by atoms with Gasteiger partial charge < -0.3 is 264 Å². The molecule has 54 atom stereocenters. The summed E-state index contributed by atoms with van der Waals surface area (Å²) in [6.45, 7) is -4.59. The minimum absolute atomic E-state index is 0.887. The van der Waals surface area contributed by atoms with Crippen LogP contribution in [0.5, 0.6) is 0 Å². The number of aliphatic hydroxyl groups is 30. The number of ether oxygens (including phenoxy) is 20. The van der Waals surface area contributed by atoms with E-state index < -0.39 is 408 Å². The van der Waals surface area contributed by atoms with Gasteiger partial charge in [0, 0.05) is 20.8 Å². The van der Waals surface area contributed by atoms with Gasteiger partial charge in [0.1, 0.15) is 250 Å². The molecule has 10 aliphatic heterocycles. The molecule has 3 amide bonds. The van der Waals surface area contributed by atoms with Crippen molar-refractivity contribution in [3.63, 3.8) is 0 Å². The summed E-state index contributed by atoms with van der Waals surface area (Å²) in [5, 5.41) is 341. The molecule has 10 fully saturated rings. The number of nitrogens with one attached hydrogen (secondary N) is 3. The fraction of sp³-hybridized carbons (Fsp3) is 0.958. The third kappa shape index (κ3) is 23.4. The Morgan fingerprint density at radius 3 is 0.836 bits per heavy atom. The van der Waals surface area contributed by atoms with E-state index in [2.05, 4.69) is 16.0 Å². The van der Waals surface area contributed by atoms with Crippen LogP contribution >= 0.6 is 0 Å². The smallest absolute Gasteiger partial charge is 0.217 e. The third-order valence-corrected chi connectivity index (χ3v) is 23.7. The Hall–Kier alpha value is -3.59. The summed E-state index contributed by atoms with van der Waals surface area (Å²) in [6.07, 6.45) is -108. The minimum Gasteiger partial charge on any atom is -0.394 e. The summed E-state index contributed by atoms with van der Waals surface area (Å²) in [5.41, 5.74) is 0. The van der Waals surface area contributed by atoms with Gasteiger partial charge in [-0.25, -0.2) is 0 Å². The zero-order valence-electron chi connectivity index (χ0n) is 69.3. The molecule has 128 heavy (non-hydrogen) atoms. The second-order valence-electron chi connectivity index (χ2n) is 32.8. The molecule has 10 saturated heterocycles. The van der Waals surface area contributed by atoms with Crippen molar-refractivity contribution in [2.24, 2.45) is 0 Å². The highest BCUT2D eigenvalue weighted by atomic mass is 16.8. The number of carbonyl (C=O) groups is 3. The normalized spacial score (nSPS) is 49.0. The third-order valence-electron chi connectivity index (χ3n) is 23.7. The first-order valence-corrected chi connectivity index (χ1v) is 41.2. The molecule has 0 spiro atoms. The van der Waals surface area contributed by atoms with E-state index in [-0.39, 0.29) is 0 Å². The largest absolute Gasteiger partial charge is 0.394 e. The summed E-state index contributed by atoms with van der Waals surface area (Å²) >= 11 is 0. The fourth-order valence-electron chi connectivity index (χ4n) is 16.5. The molecule has 0 saturated carbocycles. The zero-order chi connectivity index (χ0) is 94.5. The summed E-state index contributed by atoms with van der Waals surface area (Å²) in [4.78, 5) is 40.8. The Bertz CT molecular complexity index is 3400. The highest BCUT2D eigenvalue weighted by Gasteiger charge is 2.63. The number of amides is 3. The van der Waals surface area contributed by atoms with Crippen LogP contribution in [0.25, 0.3) is 0 Å². The van der Waals surface area contributed by atoms with Crippen LogP contribution in [0.15, 0.2) is 0 Å². The molecule has 56 heteroatoms. The molecule has 0 unspecified atom stereocenters. The standard InChI is InChI=1S/C72H123N3O53/c1-16-34(89)42(97)47(102)66(110-16)121-56-28(13-82)117-64(32(74-20(5)85)59(56)125-69-50(105)45(100)38(93)24(9-78)113-69)127-61-40(95)26(11-80)115-71(52(61)107)123-55-27(12-81)116-63(31(73-19(4)84)58(55)124-68-49(104)44(99)36(91)18(3)112-68)109-15-30-41(96)62(53(108)72(119-30)120-54(23(88)8-77)37(92)22(87)7-76)128-65-33(75-21(6)86)60(126-70-51(106)46(101)39(94)25(10-79)114-70)57(29(14-83)118-65)122-67-48(103)43(98)35(90)17(2)111-67/h16-18,22-72,76-83,87-108H,7-15H2,1-6H3,(H,73,84)(H,74,85)(H,75,86)/t16-,17-,18-,22-,23+,24+,25+,26+,27+,28+,29+,30+,31+,32+,33+,34+,35+,36+,37+,38-,39-,40-,41-,42+,43+,44+,45-,46-,47-,48-,49-,50+,51+,52+,53+,54+,55+,56+,57+,58+,59+,60+,61-,62-,63+,64-,65-,66-,67-,68-,69-,70-,71-,72-/m0/s1. The Kier molecular flexibility index (Phi) is 38.7. The van der Waals surface area contributed by atoms with E-state index in [9.17, 15) is 168 Å². The molecule has 0 bridgehead atoms. The van der Waals surface area contributed by atoms with Crippen molar-refractivity contribution in [2.75, 3.05) is 59.5 Å². The molecule has 0 radical (unpaired) electrons. The van der Waals surface area contributed by atoms with Gasteiger partial charge in [-0.1, -0.05) is 0 Å². The van der Waals surface area contributed by atoms with Crippen LogP contribution in [0.2, 0.25) is 0 Å². The van der Waals surface area contributed by atoms with Gasteiger partial charge in [-0.05, 0) is 20.8 Å². The molecule has 56 nitrogen and oxygen atoms in total. The van der Waals surface area contributed by atoms with E-state index in [0.717, 1.165) is 20.8 Å². The van der Waals surface area contributed by atoms with Crippen LogP contribution in [-0.2, 0) is 109 Å². The first-order valence-electron chi connectivity index (χ1n) is 41.2. The van der Waals surface area contributed by atoms with Gasteiger partial charge >= 0.3 is 0 Å². The van der Waals surface area contributed by atoms with Crippen LogP contribution in [0, 0.1) is 0 Å². The highest BCUT2D eigenvalue weighted by molar-refractivity contribution is 5.74. The number of hydrogen-bond donors (Lipinski definition) is 33. The van der Waals surface area contributed by atoms with Crippen LogP contribution in [-0.4, -0.2) is 562 Å². The van der Waals surface area contributed by atoms with Crippen LogP contribution in [0.3, 0.4) is 0 Å². The second kappa shape index (κ2) is 46.5. The molecule has 10 heterocycles. The SMILES string of the molecule is CC(=O)N[C@H]1[C@H](O[C@H]2[C@@H](O)[C@@H](CO[C@@H]3O[C@H](CO)[C@@H](O[C@@H]4O[C@H](CO)[C@H](O)[C@H](O[C@@H]5O[C@H](CO)[C@@H](O[C@@H]6O[C@@H](C)[C@@H](O)[C@@H](O)[C@@H]6O)[C@H](O[C@@H]6O[C@H](CO)[C@H](O)[C@H](O)[C@H]6O)[C@H]5NC(C)=O)[C@H]4O)[C@H](O[C@@H]4O[C@@H](C)[C@@H](O)[C@@H](O)[C@@H]4O)[C@H]3NC(C)=O)O[C@@H](O[C@@H]([C@H](O)[C@@H](O)CO)[C@H](O)CO)[C@@H]2O)O[C@H](CO)[C@@H](O[C@@H]2O[C@@H](C)[C@@H](O)[C@@H](O)[C@@H]2O)[C@@H]1O[C@@H]1O[C@H](CO)[C@H](O)[C@H](O)[C@H]1O. The minimum atomic E-state index is -2.61. The average Bonchev–Trinajstić information content (AvgIpc) is 0.765. The Labute approximate surface area is 726 Å². The van der Waals surface area contributed by atoms with Gasteiger partial charge in [-0.15, -0.1) is 0 Å². The Morgan fingerprint density at radius 2 is 0.516 bits per heavy atom. The quantitative estimate of drug-likeness (QED) is 0.0280. The van der Waals surface area contributed by atoms with Gasteiger partial charge in [-0.3, -0.25) is 14.4 Å². The lowest BCUT2D eigenvalue weighted by Gasteiger charge is -2.52. The molecule has 33 N–H and O–H groups in total. The molecular weight excluding hydrogens is 1750 g/mol. The Morgan fingerprint density at radius 1 is 0.266 bits per heavy atom. The lowest BCUT2D eigenvalue weighted by Crippen LogP contribution is -2.72. The van der Waals surface area contributed by atoms with Crippen molar-refractivity contribution in [2.45, 2.75) is 373 Å². The van der Waals surface area contributed by atoms with Crippen molar-refractivity contribution >= 4 is 17.7 Å². The van der Waals surface area contributed by atoms with Crippen LogP contribution < -0.4 is 16.0 Å². The van der Waals surface area contributed by atoms with E-state index in [1.165, 1.54) is 20.8 Å². The average molecular weight is 1880 g/mol. The first kappa shape index (κ1) is 106. The van der Waals surface area contributed by atoms with Gasteiger partial charge in [0.25, 0.3) is 0 Å². The topological polar surface area (TPSA) is 879 Å². The molecule has 10 rings (SSSR count). The second-order valence-corrected chi connectivity index (χ2v) is 32.8. The summed E-state index contributed by atoms with van der Waals surface area (Å²) in [7, 11) is 0. The number of aliphatic hydroxyl groups excluding tert-OH is 30. The molecule has 10 aliphatic rings. The van der Waals surface area contributed by atoms with E-state index in [1.54, 1.807) is 0 Å². The molecule has 0 aromatic rings. The maximum atomic E-state index is 13.8. The molecule has 0 aromatic heterocycles. The van der Waals surface area contributed by atoms with Crippen molar-refractivity contribution < 1.29 is 262 Å². The molecular formula is C72H123N3O53. The van der Waals surface area contributed by atoms with Gasteiger partial charge in [0.2, 0.25) is 17.7 Å². The van der Waals surface area contributed by atoms with Gasteiger partial charge in [0.05, 0.1) is 77.8 Å². The maximum Gasteiger partial charge on any atom is 0.217 e. The zero-order valence-corrected chi connectivity index (χ0v) is 69.3. The predicted octanol–water partition coefficient (Wildman–Crippen LogP) is -21.8. The summed E-state index contributed by atoms with van der Waals surface area (Å²) in [6, 6.07) is -6.21. The van der Waals surface area contributed by atoms with Crippen molar-refractivity contribution in [1.29, 1.82) is 0 Å². The van der Waals surface area contributed by atoms with E-state index in [0.29, 0.717) is 0 Å². The van der Waals surface area contributed by atoms with Gasteiger partial charge in [0.15, 0.2) is 62.9 Å². The number of rotatable bonds is 35. The molecule has 0 aliphatic carbocycles. The van der Waals surface area contributed by atoms with Gasteiger partial charge in [-0.2, -0.15) is 0 Å². The van der Waals surface area contributed by atoms with Crippen molar-refractivity contribution in [3.05, 3.63) is 0 Å². The number of carbonyl (C=O) groups excluding carboxylic acids is 3. The fourth-order valence-corrected chi connectivity index (χ4v) is 16.5. The number of hydrogen-bond acceptors (Lipinski definition) is 53. The van der Waals surface area contributed by atoms with E-state index in [1.807, 2.05) is 0 Å². The monoisotopic (exact) mass is 1880 g/mol. The first-order chi connectivity index (χ1) is 60.4. The van der Waals surface area contributed by atoms with Crippen molar-refractivity contribution in [3.8, 4) is 0 Å². The summed E-state index contributed by atoms with van der Waals surface area (Å²) in [5.74, 6) is -3.11. The molecule has 744 valence electrons. The summed E-state index contributed by atoms with van der Waals surface area (Å²) < 4.78 is 121. The molecule has 0 aromatic carbocycles. The van der Waals surface area contributed by atoms with E-state index >= 15 is 0 Å². The predicted molar refractivity (Wildman–Crippen MR) is 395 cm³/mol. The van der Waals surface area contributed by atoms with Crippen LogP contribution in [0.1, 0.15) is 41.5 Å². The maximum absolute atomic E-state index is 13.8. The van der Waals surface area contributed by atoms with Crippen LogP contribution in [0.4, 0.5) is 0 Å². The lowest BCUT2D eigenvalue weighted by molar-refractivity contribution is -0.396. The lowest BCUT2D eigenvalue weighted by atomic mass is 9.93. The van der Waals surface area contributed by atoms with Crippen molar-refractivity contribution in [1.82, 2.24) is 16.0 Å². The Balaban J connectivity index is 1.01.